The molecular weight excluding hydrogens is 271 g/mol. The van der Waals surface area contributed by atoms with Crippen molar-refractivity contribution in [2.24, 2.45) is 5.73 Å². The highest BCUT2D eigenvalue weighted by Crippen LogP contribution is 2.13. The van der Waals surface area contributed by atoms with Crippen molar-refractivity contribution in [1.29, 1.82) is 0 Å². The van der Waals surface area contributed by atoms with E-state index >= 15 is 0 Å². The maximum atomic E-state index is 13.3. The van der Waals surface area contributed by atoms with Gasteiger partial charge in [0, 0.05) is 16.8 Å². The van der Waals surface area contributed by atoms with Gasteiger partial charge >= 0.3 is 0 Å². The Hall–Kier alpha value is -3.13. The van der Waals surface area contributed by atoms with Crippen LogP contribution >= 0.6 is 0 Å². The molecule has 0 fully saturated rings. The van der Waals surface area contributed by atoms with Crippen molar-refractivity contribution < 1.29 is 14.0 Å². The average molecular weight is 282 g/mol. The largest absolute Gasteiger partial charge is 0.366 e. The number of nitrogens with two attached hydrogens (primary N) is 1. The molecule has 0 unspecified atom stereocenters. The standard InChI is InChI=1S/C16H11FN2O2/c1-2-10-9-12(5-8-14(10)17)16(21)19-13-6-3-11(4-7-13)15(18)20/h1,3-9H,(H2,18,20)(H,19,21). The first-order chi connectivity index (χ1) is 10.0. The van der Waals surface area contributed by atoms with Gasteiger partial charge in [-0.1, -0.05) is 5.92 Å². The fourth-order valence-corrected chi connectivity index (χ4v) is 1.70. The topological polar surface area (TPSA) is 72.2 Å². The Kier molecular flexibility index (Phi) is 4.00. The van der Waals surface area contributed by atoms with Crippen molar-refractivity contribution in [3.05, 3.63) is 65.0 Å². The average Bonchev–Trinajstić information content (AvgIpc) is 2.48. The molecule has 0 aliphatic carbocycles. The van der Waals surface area contributed by atoms with Crippen LogP contribution in [0.5, 0.6) is 0 Å². The van der Waals surface area contributed by atoms with Crippen molar-refractivity contribution in [3.63, 3.8) is 0 Å². The third-order valence-electron chi connectivity index (χ3n) is 2.81. The molecule has 0 radical (unpaired) electrons. The molecular formula is C16H11FN2O2. The summed E-state index contributed by atoms with van der Waals surface area (Å²) in [7, 11) is 0. The fraction of sp³-hybridized carbons (Fsp3) is 0. The first-order valence-electron chi connectivity index (χ1n) is 5.98. The van der Waals surface area contributed by atoms with Crippen molar-refractivity contribution in [2.45, 2.75) is 0 Å². The highest BCUT2D eigenvalue weighted by Gasteiger charge is 2.09. The smallest absolute Gasteiger partial charge is 0.255 e. The predicted molar refractivity (Wildman–Crippen MR) is 77.2 cm³/mol. The van der Waals surface area contributed by atoms with Crippen molar-refractivity contribution in [1.82, 2.24) is 0 Å². The summed E-state index contributed by atoms with van der Waals surface area (Å²) in [5.74, 6) is 0.629. The molecule has 2 rings (SSSR count). The predicted octanol–water partition coefficient (Wildman–Crippen LogP) is 2.16. The van der Waals surface area contributed by atoms with E-state index in [1.807, 2.05) is 0 Å². The second-order valence-electron chi connectivity index (χ2n) is 4.23. The summed E-state index contributed by atoms with van der Waals surface area (Å²) >= 11 is 0. The normalized spacial score (nSPS) is 9.71. The Morgan fingerprint density at radius 3 is 2.29 bits per heavy atom. The van der Waals surface area contributed by atoms with E-state index in [1.165, 1.54) is 24.3 Å². The van der Waals surface area contributed by atoms with Gasteiger partial charge < -0.3 is 11.1 Å². The van der Waals surface area contributed by atoms with Crippen molar-refractivity contribution in [3.8, 4) is 12.3 Å². The van der Waals surface area contributed by atoms with Gasteiger partial charge in [-0.15, -0.1) is 6.42 Å². The number of amides is 2. The molecule has 21 heavy (non-hydrogen) atoms. The van der Waals surface area contributed by atoms with E-state index in [1.54, 1.807) is 12.1 Å². The molecule has 2 amide bonds. The summed E-state index contributed by atoms with van der Waals surface area (Å²) in [6, 6.07) is 9.85. The molecule has 0 heterocycles. The Bertz CT molecular complexity index is 746. The van der Waals surface area contributed by atoms with E-state index in [2.05, 4.69) is 11.2 Å². The lowest BCUT2D eigenvalue weighted by Crippen LogP contribution is -2.13. The van der Waals surface area contributed by atoms with E-state index in [9.17, 15) is 14.0 Å². The number of benzene rings is 2. The summed E-state index contributed by atoms with van der Waals surface area (Å²) < 4.78 is 13.3. The van der Waals surface area contributed by atoms with Crippen LogP contribution in [0.2, 0.25) is 0 Å². The van der Waals surface area contributed by atoms with Gasteiger partial charge in [0.15, 0.2) is 0 Å². The van der Waals surface area contributed by atoms with Crippen LogP contribution in [0.4, 0.5) is 10.1 Å². The highest BCUT2D eigenvalue weighted by atomic mass is 19.1. The Balaban J connectivity index is 2.18. The molecule has 0 bridgehead atoms. The second kappa shape index (κ2) is 5.88. The second-order valence-corrected chi connectivity index (χ2v) is 4.23. The molecule has 0 aromatic heterocycles. The Morgan fingerprint density at radius 2 is 1.71 bits per heavy atom. The van der Waals surface area contributed by atoms with Crippen LogP contribution in [0.15, 0.2) is 42.5 Å². The first kappa shape index (κ1) is 14.3. The van der Waals surface area contributed by atoms with Gasteiger partial charge in [-0.3, -0.25) is 9.59 Å². The summed E-state index contributed by atoms with van der Waals surface area (Å²) in [5.41, 5.74) is 6.20. The molecule has 2 aromatic carbocycles. The van der Waals surface area contributed by atoms with Crippen LogP contribution in [0, 0.1) is 18.2 Å². The molecule has 104 valence electrons. The molecule has 0 spiro atoms. The fourth-order valence-electron chi connectivity index (χ4n) is 1.70. The Labute approximate surface area is 120 Å². The zero-order valence-corrected chi connectivity index (χ0v) is 10.9. The quantitative estimate of drug-likeness (QED) is 0.847. The molecule has 0 aliphatic heterocycles. The van der Waals surface area contributed by atoms with Crippen molar-refractivity contribution in [2.75, 3.05) is 5.32 Å². The minimum absolute atomic E-state index is 0.0201. The zero-order chi connectivity index (χ0) is 15.4. The number of terminal acetylenes is 1. The maximum Gasteiger partial charge on any atom is 0.255 e. The van der Waals surface area contributed by atoms with Crippen LogP contribution < -0.4 is 11.1 Å². The zero-order valence-electron chi connectivity index (χ0n) is 10.9. The van der Waals surface area contributed by atoms with Gasteiger partial charge in [0.2, 0.25) is 5.91 Å². The van der Waals surface area contributed by atoms with Gasteiger partial charge in [0.25, 0.3) is 5.91 Å². The number of rotatable bonds is 3. The van der Waals surface area contributed by atoms with Crippen molar-refractivity contribution >= 4 is 17.5 Å². The van der Waals surface area contributed by atoms with Crippen LogP contribution in [-0.4, -0.2) is 11.8 Å². The summed E-state index contributed by atoms with van der Waals surface area (Å²) in [6.07, 6.45) is 5.15. The lowest BCUT2D eigenvalue weighted by atomic mass is 10.1. The third-order valence-corrected chi connectivity index (χ3v) is 2.81. The molecule has 0 atom stereocenters. The molecule has 0 saturated carbocycles. The minimum atomic E-state index is -0.556. The minimum Gasteiger partial charge on any atom is -0.366 e. The lowest BCUT2D eigenvalue weighted by molar-refractivity contribution is 0.0998. The number of anilines is 1. The first-order valence-corrected chi connectivity index (χ1v) is 5.98. The number of halogens is 1. The summed E-state index contributed by atoms with van der Waals surface area (Å²) in [6.45, 7) is 0. The van der Waals surface area contributed by atoms with Crippen LogP contribution in [0.25, 0.3) is 0 Å². The molecule has 0 saturated heterocycles. The number of primary amides is 1. The maximum absolute atomic E-state index is 13.3. The molecule has 5 heteroatoms. The monoisotopic (exact) mass is 282 g/mol. The van der Waals surface area contributed by atoms with Gasteiger partial charge in [-0.25, -0.2) is 4.39 Å². The van der Waals surface area contributed by atoms with E-state index in [0.29, 0.717) is 11.3 Å². The Morgan fingerprint density at radius 1 is 1.10 bits per heavy atom. The molecule has 2 aromatic rings. The molecule has 0 aliphatic rings. The van der Waals surface area contributed by atoms with Crippen LogP contribution in [0.1, 0.15) is 26.3 Å². The number of hydrogen-bond acceptors (Lipinski definition) is 2. The van der Waals surface area contributed by atoms with Gasteiger partial charge in [0.05, 0.1) is 5.56 Å². The molecule has 4 nitrogen and oxygen atoms in total. The van der Waals surface area contributed by atoms with E-state index in [0.717, 1.165) is 6.07 Å². The van der Waals surface area contributed by atoms with Gasteiger partial charge in [-0.05, 0) is 42.5 Å². The molecule has 3 N–H and O–H groups in total. The van der Waals surface area contributed by atoms with Gasteiger partial charge in [-0.2, -0.15) is 0 Å². The number of hydrogen-bond donors (Lipinski definition) is 2. The van der Waals surface area contributed by atoms with E-state index in [-0.39, 0.29) is 11.1 Å². The van der Waals surface area contributed by atoms with E-state index < -0.39 is 17.6 Å². The lowest BCUT2D eigenvalue weighted by Gasteiger charge is -2.06. The number of carbonyl (C=O) groups is 2. The number of nitrogens with one attached hydrogen (secondary N) is 1. The van der Waals surface area contributed by atoms with Gasteiger partial charge in [0.1, 0.15) is 5.82 Å². The van der Waals surface area contributed by atoms with E-state index in [4.69, 9.17) is 12.2 Å². The summed E-state index contributed by atoms with van der Waals surface area (Å²) in [5, 5.41) is 2.61. The van der Waals surface area contributed by atoms with Crippen LogP contribution in [-0.2, 0) is 0 Å². The summed E-state index contributed by atoms with van der Waals surface area (Å²) in [4.78, 5) is 23.0. The number of carbonyl (C=O) groups excluding carboxylic acids is 2. The SMILES string of the molecule is C#Cc1cc(C(=O)Nc2ccc(C(N)=O)cc2)ccc1F. The third kappa shape index (κ3) is 3.25. The highest BCUT2D eigenvalue weighted by molar-refractivity contribution is 6.04. The van der Waals surface area contributed by atoms with Crippen LogP contribution in [0.3, 0.4) is 0 Å².